The van der Waals surface area contributed by atoms with Crippen LogP contribution in [0.2, 0.25) is 0 Å². The summed E-state index contributed by atoms with van der Waals surface area (Å²) in [4.78, 5) is 12.3. The van der Waals surface area contributed by atoms with Crippen molar-refractivity contribution in [1.29, 1.82) is 0 Å². The zero-order chi connectivity index (χ0) is 24.2. The Morgan fingerprint density at radius 2 is 1.64 bits per heavy atom. The average Bonchev–Trinajstić information content (AvgIpc) is 2.73. The van der Waals surface area contributed by atoms with E-state index in [0.717, 1.165) is 37.7 Å². The number of hydrogen-bond donors (Lipinski definition) is 0. The van der Waals surface area contributed by atoms with Crippen LogP contribution in [0.25, 0.3) is 6.08 Å². The van der Waals surface area contributed by atoms with Crippen molar-refractivity contribution in [3.8, 4) is 5.75 Å². The number of halogens is 6. The highest BCUT2D eigenvalue weighted by atomic mass is 19.4. The Bertz CT molecular complexity index is 997. The molecule has 33 heavy (non-hydrogen) atoms. The largest absolute Gasteiger partial charge is 0.423 e. The Balaban J connectivity index is 1.70. The fraction of sp³-hybridized carbons (Fsp3) is 0.400. The van der Waals surface area contributed by atoms with Crippen LogP contribution in [0.3, 0.4) is 0 Å². The summed E-state index contributed by atoms with van der Waals surface area (Å²) in [6.07, 6.45) is 1.56. The highest BCUT2D eigenvalue weighted by Gasteiger charge is 2.25. The molecule has 0 bridgehead atoms. The summed E-state index contributed by atoms with van der Waals surface area (Å²) in [5, 5.41) is 0. The molecule has 1 saturated carbocycles. The summed E-state index contributed by atoms with van der Waals surface area (Å²) in [7, 11) is 0. The number of alkyl halides is 3. The van der Waals surface area contributed by atoms with Crippen molar-refractivity contribution in [2.24, 2.45) is 5.92 Å². The van der Waals surface area contributed by atoms with E-state index in [1.54, 1.807) is 6.07 Å². The topological polar surface area (TPSA) is 26.3 Å². The van der Waals surface area contributed by atoms with Gasteiger partial charge in [0, 0.05) is 23.8 Å². The van der Waals surface area contributed by atoms with E-state index >= 15 is 0 Å². The molecule has 8 heteroatoms. The van der Waals surface area contributed by atoms with E-state index in [1.165, 1.54) is 18.6 Å². The third-order valence-corrected chi connectivity index (χ3v) is 5.93. The Morgan fingerprint density at radius 1 is 1.00 bits per heavy atom. The van der Waals surface area contributed by atoms with Crippen LogP contribution in [0.1, 0.15) is 72.9 Å². The predicted molar refractivity (Wildman–Crippen MR) is 112 cm³/mol. The van der Waals surface area contributed by atoms with Crippen molar-refractivity contribution in [1.82, 2.24) is 0 Å². The predicted octanol–water partition coefficient (Wildman–Crippen LogP) is 7.97. The first-order chi connectivity index (χ1) is 15.6. The van der Waals surface area contributed by atoms with Gasteiger partial charge in [0.25, 0.3) is 0 Å². The Morgan fingerprint density at radius 3 is 2.18 bits per heavy atom. The van der Waals surface area contributed by atoms with Crippen molar-refractivity contribution in [2.75, 3.05) is 0 Å². The van der Waals surface area contributed by atoms with Crippen LogP contribution in [0.15, 0.2) is 36.4 Å². The van der Waals surface area contributed by atoms with E-state index in [4.69, 9.17) is 4.74 Å². The zero-order valence-electron chi connectivity index (χ0n) is 18.0. The molecule has 0 amide bonds. The van der Waals surface area contributed by atoms with Gasteiger partial charge in [-0.1, -0.05) is 25.8 Å². The minimum atomic E-state index is -4.75. The summed E-state index contributed by atoms with van der Waals surface area (Å²) in [5.41, 5.74) is -0.548. The lowest BCUT2D eigenvalue weighted by molar-refractivity contribution is -0.0790. The van der Waals surface area contributed by atoms with E-state index in [0.29, 0.717) is 18.1 Å². The Hall–Kier alpha value is -2.77. The minimum Gasteiger partial charge on any atom is -0.423 e. The maximum atomic E-state index is 14.6. The highest BCUT2D eigenvalue weighted by molar-refractivity contribution is 5.91. The third kappa shape index (κ3) is 6.62. The second-order valence-electron chi connectivity index (χ2n) is 8.31. The summed E-state index contributed by atoms with van der Waals surface area (Å²) in [5.74, 6) is -4.36. The minimum absolute atomic E-state index is 0.207. The normalized spacial score (nSPS) is 19.1. The van der Waals surface area contributed by atoms with Crippen LogP contribution >= 0.6 is 0 Å². The molecule has 2 nitrogen and oxygen atoms in total. The van der Waals surface area contributed by atoms with E-state index in [2.05, 4.69) is 6.92 Å². The van der Waals surface area contributed by atoms with Gasteiger partial charge < -0.3 is 4.74 Å². The van der Waals surface area contributed by atoms with Crippen molar-refractivity contribution in [3.63, 3.8) is 0 Å². The molecule has 1 aliphatic rings. The molecular formula is C25H24F6O2. The molecule has 0 aromatic heterocycles. The molecule has 0 saturated heterocycles. The van der Waals surface area contributed by atoms with Gasteiger partial charge in [-0.2, -0.15) is 13.2 Å². The van der Waals surface area contributed by atoms with Gasteiger partial charge in [-0.15, -0.1) is 0 Å². The molecule has 178 valence electrons. The zero-order valence-corrected chi connectivity index (χ0v) is 18.0. The van der Waals surface area contributed by atoms with Crippen LogP contribution in [0.4, 0.5) is 26.3 Å². The van der Waals surface area contributed by atoms with Gasteiger partial charge in [0.15, 0.2) is 0 Å². The summed E-state index contributed by atoms with van der Waals surface area (Å²) in [6, 6.07) is 5.35. The summed E-state index contributed by atoms with van der Waals surface area (Å²) < 4.78 is 84.3. The monoisotopic (exact) mass is 470 g/mol. The number of allylic oxidation sites excluding steroid dienone is 1. The third-order valence-electron chi connectivity index (χ3n) is 5.93. The summed E-state index contributed by atoms with van der Waals surface area (Å²) >= 11 is 0. The fourth-order valence-corrected chi connectivity index (χ4v) is 4.26. The maximum absolute atomic E-state index is 14.6. The molecule has 0 heterocycles. The molecule has 0 unspecified atom stereocenters. The first-order valence-corrected chi connectivity index (χ1v) is 10.8. The van der Waals surface area contributed by atoms with E-state index < -0.39 is 46.5 Å². The molecule has 2 aromatic carbocycles. The Labute approximate surface area is 188 Å². The van der Waals surface area contributed by atoms with Crippen LogP contribution in [-0.2, 0) is 0 Å². The SMILES string of the molecule is CCCC1CCC(c2ccc(C(=O)Oc3cc(F)c(/C=C/C(F)(F)F)c(F)c3)c(F)c2)CC1. The van der Waals surface area contributed by atoms with Gasteiger partial charge >= 0.3 is 12.1 Å². The first-order valence-electron chi connectivity index (χ1n) is 10.8. The standard InChI is InChI=1S/C25H24F6O2/c1-2-3-15-4-6-16(7-5-15)17-8-9-20(21(26)12-17)24(32)33-18-13-22(27)19(23(28)14-18)10-11-25(29,30)31/h8-16H,2-7H2,1H3/b11-10+. The quantitative estimate of drug-likeness (QED) is 0.243. The smallest absolute Gasteiger partial charge is 0.409 e. The molecule has 2 aromatic rings. The number of hydrogen-bond acceptors (Lipinski definition) is 2. The van der Waals surface area contributed by atoms with Gasteiger partial charge in [-0.05, 0) is 61.3 Å². The lowest BCUT2D eigenvalue weighted by Gasteiger charge is -2.28. The van der Waals surface area contributed by atoms with Crippen molar-refractivity contribution in [2.45, 2.75) is 57.5 Å². The van der Waals surface area contributed by atoms with Gasteiger partial charge in [0.2, 0.25) is 0 Å². The van der Waals surface area contributed by atoms with Gasteiger partial charge in [-0.25, -0.2) is 18.0 Å². The molecule has 0 N–H and O–H groups in total. The van der Waals surface area contributed by atoms with Crippen LogP contribution < -0.4 is 4.74 Å². The van der Waals surface area contributed by atoms with Gasteiger partial charge in [-0.3, -0.25) is 0 Å². The lowest BCUT2D eigenvalue weighted by Crippen LogP contribution is -2.15. The van der Waals surface area contributed by atoms with Crippen LogP contribution in [0.5, 0.6) is 5.75 Å². The van der Waals surface area contributed by atoms with Crippen LogP contribution in [-0.4, -0.2) is 12.1 Å². The van der Waals surface area contributed by atoms with Crippen molar-refractivity contribution < 1.29 is 35.9 Å². The molecule has 0 atom stereocenters. The van der Waals surface area contributed by atoms with Crippen molar-refractivity contribution >= 4 is 12.0 Å². The average molecular weight is 470 g/mol. The van der Waals surface area contributed by atoms with E-state index in [9.17, 15) is 31.1 Å². The molecule has 0 spiro atoms. The lowest BCUT2D eigenvalue weighted by atomic mass is 9.77. The fourth-order valence-electron chi connectivity index (χ4n) is 4.26. The number of benzene rings is 2. The van der Waals surface area contributed by atoms with Crippen molar-refractivity contribution in [3.05, 3.63) is 70.5 Å². The molecule has 0 radical (unpaired) electrons. The highest BCUT2D eigenvalue weighted by Crippen LogP contribution is 2.38. The number of ether oxygens (including phenoxy) is 1. The summed E-state index contributed by atoms with van der Waals surface area (Å²) in [6.45, 7) is 2.15. The molecule has 1 aliphatic carbocycles. The molecule has 3 rings (SSSR count). The number of carbonyl (C=O) groups excluding carboxylic acids is 1. The Kier molecular flexibility index (Phi) is 7.87. The number of carbonyl (C=O) groups is 1. The number of esters is 1. The maximum Gasteiger partial charge on any atom is 0.409 e. The second-order valence-corrected chi connectivity index (χ2v) is 8.31. The van der Waals surface area contributed by atoms with Crippen LogP contribution in [0, 0.1) is 23.4 Å². The molecule has 0 aliphatic heterocycles. The number of rotatable bonds is 6. The van der Waals surface area contributed by atoms with Gasteiger partial charge in [0.1, 0.15) is 23.2 Å². The second kappa shape index (κ2) is 10.4. The van der Waals surface area contributed by atoms with E-state index in [-0.39, 0.29) is 18.1 Å². The van der Waals surface area contributed by atoms with E-state index in [1.807, 2.05) is 0 Å². The molecular weight excluding hydrogens is 446 g/mol. The molecule has 1 fully saturated rings. The van der Waals surface area contributed by atoms with Gasteiger partial charge in [0.05, 0.1) is 5.56 Å². The first kappa shape index (κ1) is 24.9.